The molecule has 3 rings (SSSR count). The van der Waals surface area contributed by atoms with E-state index in [4.69, 9.17) is 21.3 Å². The molecule has 2 aliphatic rings. The second-order valence-electron chi connectivity index (χ2n) is 7.85. The molecule has 26 heavy (non-hydrogen) atoms. The van der Waals surface area contributed by atoms with Gasteiger partial charge in [-0.05, 0) is 40.0 Å². The van der Waals surface area contributed by atoms with E-state index >= 15 is 0 Å². The van der Waals surface area contributed by atoms with Gasteiger partial charge in [-0.3, -0.25) is 0 Å². The number of nitrogens with zero attached hydrogens (tertiary/aromatic N) is 5. The quantitative estimate of drug-likeness (QED) is 0.733. The second kappa shape index (κ2) is 7.86. The van der Waals surface area contributed by atoms with Crippen LogP contribution in [0.1, 0.15) is 40.0 Å². The Balaban J connectivity index is 1.64. The number of anilines is 2. The molecule has 0 N–H and O–H groups in total. The van der Waals surface area contributed by atoms with Gasteiger partial charge in [-0.1, -0.05) is 11.6 Å². The van der Waals surface area contributed by atoms with E-state index in [0.29, 0.717) is 37.3 Å². The van der Waals surface area contributed by atoms with Crippen LogP contribution >= 0.6 is 11.6 Å². The third-order valence-corrected chi connectivity index (χ3v) is 4.76. The predicted octanol–water partition coefficient (Wildman–Crippen LogP) is 3.18. The highest BCUT2D eigenvalue weighted by Gasteiger charge is 2.27. The van der Waals surface area contributed by atoms with Gasteiger partial charge in [-0.25, -0.2) is 9.78 Å². The fraction of sp³-hybridized carbons (Fsp3) is 0.722. The van der Waals surface area contributed by atoms with E-state index in [-0.39, 0.29) is 6.09 Å². The lowest BCUT2D eigenvalue weighted by molar-refractivity contribution is 0.0240. The van der Waals surface area contributed by atoms with Crippen LogP contribution in [0.4, 0.5) is 16.6 Å². The molecule has 144 valence electrons. The van der Waals surface area contributed by atoms with Crippen molar-refractivity contribution in [1.29, 1.82) is 0 Å². The number of amides is 1. The first-order valence-corrected chi connectivity index (χ1v) is 9.72. The lowest BCUT2D eigenvalue weighted by Crippen LogP contribution is -2.50. The SMILES string of the molecule is CC(C)(C)OC(=O)N1CCN(c2cc(Cl)nc(N3CCCCC3)n2)CC1. The van der Waals surface area contributed by atoms with Gasteiger partial charge < -0.3 is 19.4 Å². The van der Waals surface area contributed by atoms with E-state index in [0.717, 1.165) is 18.9 Å². The fourth-order valence-electron chi connectivity index (χ4n) is 3.24. The number of carbonyl (C=O) groups is 1. The number of halogens is 1. The number of piperazine rings is 1. The molecule has 1 aromatic heterocycles. The van der Waals surface area contributed by atoms with Gasteiger partial charge in [0.15, 0.2) is 0 Å². The van der Waals surface area contributed by atoms with Crippen molar-refractivity contribution in [2.24, 2.45) is 0 Å². The zero-order chi connectivity index (χ0) is 18.7. The zero-order valence-electron chi connectivity index (χ0n) is 15.9. The van der Waals surface area contributed by atoms with Crippen molar-refractivity contribution in [2.75, 3.05) is 49.1 Å². The molecule has 0 saturated carbocycles. The van der Waals surface area contributed by atoms with Crippen LogP contribution in [0.5, 0.6) is 0 Å². The standard InChI is InChI=1S/C18H28ClN5O2/c1-18(2,3)26-17(25)24-11-9-22(10-12-24)15-13-14(19)20-16(21-15)23-7-5-4-6-8-23/h13H,4-12H2,1-3H3. The molecule has 1 amide bonds. The summed E-state index contributed by atoms with van der Waals surface area (Å²) in [5.74, 6) is 1.54. The van der Waals surface area contributed by atoms with E-state index in [2.05, 4.69) is 14.8 Å². The van der Waals surface area contributed by atoms with Gasteiger partial charge in [0.25, 0.3) is 0 Å². The molecule has 0 radical (unpaired) electrons. The molecule has 0 atom stereocenters. The molecule has 2 saturated heterocycles. The minimum Gasteiger partial charge on any atom is -0.444 e. The van der Waals surface area contributed by atoms with Gasteiger partial charge in [0.1, 0.15) is 16.6 Å². The Morgan fingerprint density at radius 2 is 1.65 bits per heavy atom. The Labute approximate surface area is 160 Å². The van der Waals surface area contributed by atoms with Gasteiger partial charge in [-0.15, -0.1) is 0 Å². The van der Waals surface area contributed by atoms with Crippen LogP contribution < -0.4 is 9.80 Å². The highest BCUT2D eigenvalue weighted by Crippen LogP contribution is 2.24. The molecule has 1 aromatic rings. The van der Waals surface area contributed by atoms with Crippen LogP contribution in [0.3, 0.4) is 0 Å². The van der Waals surface area contributed by atoms with Crippen molar-refractivity contribution >= 4 is 29.5 Å². The number of ether oxygens (including phenoxy) is 1. The van der Waals surface area contributed by atoms with E-state index < -0.39 is 5.60 Å². The summed E-state index contributed by atoms with van der Waals surface area (Å²) in [5, 5.41) is 0.463. The zero-order valence-corrected chi connectivity index (χ0v) is 16.6. The summed E-state index contributed by atoms with van der Waals surface area (Å²) in [4.78, 5) is 27.4. The van der Waals surface area contributed by atoms with E-state index in [9.17, 15) is 4.79 Å². The summed E-state index contributed by atoms with van der Waals surface area (Å²) in [5.41, 5.74) is -0.474. The Bertz CT molecular complexity index is 635. The molecule has 0 aromatic carbocycles. The monoisotopic (exact) mass is 381 g/mol. The topological polar surface area (TPSA) is 61.8 Å². The molecule has 8 heteroatoms. The van der Waals surface area contributed by atoms with Crippen molar-refractivity contribution in [3.05, 3.63) is 11.2 Å². The van der Waals surface area contributed by atoms with Crippen LogP contribution in [0.2, 0.25) is 5.15 Å². The third-order valence-electron chi connectivity index (χ3n) is 4.56. The minimum atomic E-state index is -0.474. The van der Waals surface area contributed by atoms with Crippen LogP contribution in [-0.2, 0) is 4.74 Å². The molecule has 0 unspecified atom stereocenters. The molecule has 2 aliphatic heterocycles. The number of carbonyl (C=O) groups excluding carboxylic acids is 1. The second-order valence-corrected chi connectivity index (χ2v) is 8.24. The first-order chi connectivity index (χ1) is 12.3. The normalized spacial score (nSPS) is 18.8. The molecule has 0 spiro atoms. The van der Waals surface area contributed by atoms with Gasteiger partial charge in [-0.2, -0.15) is 4.98 Å². The van der Waals surface area contributed by atoms with Crippen molar-refractivity contribution < 1.29 is 9.53 Å². The molecule has 7 nitrogen and oxygen atoms in total. The highest BCUT2D eigenvalue weighted by atomic mass is 35.5. The number of piperidine rings is 1. The average Bonchev–Trinajstić information content (AvgIpc) is 2.61. The number of rotatable bonds is 2. The van der Waals surface area contributed by atoms with Gasteiger partial charge in [0, 0.05) is 45.3 Å². The van der Waals surface area contributed by atoms with Gasteiger partial charge in [0.05, 0.1) is 0 Å². The van der Waals surface area contributed by atoms with Crippen molar-refractivity contribution in [2.45, 2.75) is 45.6 Å². The predicted molar refractivity (Wildman–Crippen MR) is 103 cm³/mol. The fourth-order valence-corrected chi connectivity index (χ4v) is 3.41. The Kier molecular flexibility index (Phi) is 5.75. The summed E-state index contributed by atoms with van der Waals surface area (Å²) in [6, 6.07) is 1.80. The van der Waals surface area contributed by atoms with Crippen molar-refractivity contribution in [3.63, 3.8) is 0 Å². The number of hydrogen-bond acceptors (Lipinski definition) is 6. The average molecular weight is 382 g/mol. The van der Waals surface area contributed by atoms with E-state index in [1.54, 1.807) is 11.0 Å². The molecule has 2 fully saturated rings. The minimum absolute atomic E-state index is 0.258. The van der Waals surface area contributed by atoms with E-state index in [1.165, 1.54) is 19.3 Å². The largest absolute Gasteiger partial charge is 0.444 e. The Morgan fingerprint density at radius 3 is 2.27 bits per heavy atom. The Hall–Kier alpha value is -1.76. The first-order valence-electron chi connectivity index (χ1n) is 9.34. The summed E-state index contributed by atoms with van der Waals surface area (Å²) in [6.07, 6.45) is 3.34. The maximum Gasteiger partial charge on any atom is 0.410 e. The van der Waals surface area contributed by atoms with Crippen LogP contribution in [0.25, 0.3) is 0 Å². The van der Waals surface area contributed by atoms with Gasteiger partial charge >= 0.3 is 6.09 Å². The van der Waals surface area contributed by atoms with Crippen LogP contribution in [-0.4, -0.2) is 65.8 Å². The molecule has 3 heterocycles. The van der Waals surface area contributed by atoms with E-state index in [1.807, 2.05) is 20.8 Å². The summed E-state index contributed by atoms with van der Waals surface area (Å²) < 4.78 is 5.45. The smallest absolute Gasteiger partial charge is 0.410 e. The number of hydrogen-bond donors (Lipinski definition) is 0. The van der Waals surface area contributed by atoms with Crippen LogP contribution in [0, 0.1) is 0 Å². The molecule has 0 aliphatic carbocycles. The van der Waals surface area contributed by atoms with Gasteiger partial charge in [0.2, 0.25) is 5.95 Å². The molecule has 0 bridgehead atoms. The highest BCUT2D eigenvalue weighted by molar-refractivity contribution is 6.29. The van der Waals surface area contributed by atoms with Crippen molar-refractivity contribution in [1.82, 2.24) is 14.9 Å². The maximum atomic E-state index is 12.2. The van der Waals surface area contributed by atoms with Crippen LogP contribution in [0.15, 0.2) is 6.07 Å². The summed E-state index contributed by atoms with van der Waals surface area (Å²) in [6.45, 7) is 10.2. The number of aromatic nitrogens is 2. The van der Waals surface area contributed by atoms with Crippen molar-refractivity contribution in [3.8, 4) is 0 Å². The lowest BCUT2D eigenvalue weighted by Gasteiger charge is -2.36. The first kappa shape index (κ1) is 19.0. The maximum absolute atomic E-state index is 12.2. The molecular weight excluding hydrogens is 354 g/mol. The molecular formula is C18H28ClN5O2. The Morgan fingerprint density at radius 1 is 1.00 bits per heavy atom. The summed E-state index contributed by atoms with van der Waals surface area (Å²) in [7, 11) is 0. The summed E-state index contributed by atoms with van der Waals surface area (Å²) >= 11 is 6.25. The lowest BCUT2D eigenvalue weighted by atomic mass is 10.1. The third kappa shape index (κ3) is 4.90.